The van der Waals surface area contributed by atoms with Crippen LogP contribution in [-0.2, 0) is 13.5 Å². The summed E-state index contributed by atoms with van der Waals surface area (Å²) in [6.07, 6.45) is 6.48. The first kappa shape index (κ1) is 26.6. The molecule has 0 atom stereocenters. The van der Waals surface area contributed by atoms with Gasteiger partial charge >= 0.3 is 0 Å². The zero-order chi connectivity index (χ0) is 24.9. The number of aromatic nitrogens is 1. The van der Waals surface area contributed by atoms with Crippen molar-refractivity contribution in [2.24, 2.45) is 12.8 Å². The van der Waals surface area contributed by atoms with Crippen LogP contribution in [0.25, 0.3) is 16.8 Å². The zero-order valence-corrected chi connectivity index (χ0v) is 20.6. The largest absolute Gasteiger partial charge is 0.351 e. The highest BCUT2D eigenvalue weighted by Crippen LogP contribution is 2.21. The third kappa shape index (κ3) is 7.72. The average molecular weight is 455 g/mol. The van der Waals surface area contributed by atoms with Crippen molar-refractivity contribution in [2.75, 3.05) is 7.05 Å². The molecule has 0 aliphatic carbocycles. The molecule has 0 radical (unpaired) electrons. The van der Waals surface area contributed by atoms with E-state index < -0.39 is 0 Å². The van der Waals surface area contributed by atoms with Crippen molar-refractivity contribution in [3.8, 4) is 11.3 Å². The molecule has 0 bridgehead atoms. The molecule has 0 unspecified atom stereocenters. The molecule has 0 aliphatic rings. The Morgan fingerprint density at radius 2 is 1.50 bits per heavy atom. The minimum absolute atomic E-state index is 0.160. The molecule has 0 saturated heterocycles. The highest BCUT2D eigenvalue weighted by molar-refractivity contribution is 5.74. The maximum absolute atomic E-state index is 13.6. The highest BCUT2D eigenvalue weighted by Gasteiger charge is 2.02. The predicted octanol–water partition coefficient (Wildman–Crippen LogP) is 7.52. The topological polar surface area (TPSA) is 30.9 Å². The quantitative estimate of drug-likeness (QED) is 0.311. The summed E-state index contributed by atoms with van der Waals surface area (Å²) in [5.74, 6) is -0.160. The summed E-state index contributed by atoms with van der Waals surface area (Å²) in [5, 5.41) is 0. The van der Waals surface area contributed by atoms with E-state index in [1.165, 1.54) is 35.5 Å². The van der Waals surface area contributed by atoms with Gasteiger partial charge in [-0.2, -0.15) is 0 Å². The molecule has 0 aliphatic heterocycles. The number of hydrogen-bond donors (Lipinski definition) is 1. The molecule has 0 spiro atoms. The monoisotopic (exact) mass is 454 g/mol. The number of nitrogens with two attached hydrogens (primary N) is 1. The fourth-order valence-electron chi connectivity index (χ4n) is 3.71. The van der Waals surface area contributed by atoms with E-state index in [1.807, 2.05) is 30.4 Å². The third-order valence-electron chi connectivity index (χ3n) is 5.29. The number of benzene rings is 3. The van der Waals surface area contributed by atoms with Crippen molar-refractivity contribution in [3.63, 3.8) is 0 Å². The average Bonchev–Trinajstić information content (AvgIpc) is 3.28. The fourth-order valence-corrected chi connectivity index (χ4v) is 3.71. The number of rotatable bonds is 5. The lowest BCUT2D eigenvalue weighted by Crippen LogP contribution is -1.90. The Kier molecular flexibility index (Phi) is 10.8. The van der Waals surface area contributed by atoms with Crippen molar-refractivity contribution in [2.45, 2.75) is 20.3 Å². The third-order valence-corrected chi connectivity index (χ3v) is 5.29. The lowest BCUT2D eigenvalue weighted by molar-refractivity contribution is 0.615. The maximum atomic E-state index is 13.6. The van der Waals surface area contributed by atoms with E-state index >= 15 is 0 Å². The first-order chi connectivity index (χ1) is 16.5. The van der Waals surface area contributed by atoms with E-state index in [1.54, 1.807) is 6.07 Å². The van der Waals surface area contributed by atoms with E-state index in [9.17, 15) is 4.39 Å². The smallest absolute Gasteiger partial charge is 0.126 e. The first-order valence-corrected chi connectivity index (χ1v) is 11.4. The molecular weight excluding hydrogens is 419 g/mol. The predicted molar refractivity (Wildman–Crippen MR) is 145 cm³/mol. The van der Waals surface area contributed by atoms with Crippen LogP contribution in [0, 0.1) is 19.7 Å². The molecule has 0 amide bonds. The van der Waals surface area contributed by atoms with E-state index in [2.05, 4.69) is 98.6 Å². The van der Waals surface area contributed by atoms with Crippen LogP contribution in [0.1, 0.15) is 22.3 Å². The lowest BCUT2D eigenvalue weighted by Gasteiger charge is -2.07. The normalized spacial score (nSPS) is 10.5. The Hall–Kier alpha value is -3.69. The van der Waals surface area contributed by atoms with Gasteiger partial charge in [0.2, 0.25) is 0 Å². The van der Waals surface area contributed by atoms with Crippen LogP contribution < -0.4 is 5.73 Å². The van der Waals surface area contributed by atoms with Gasteiger partial charge in [-0.3, -0.25) is 0 Å². The Bertz CT molecular complexity index is 1180. The van der Waals surface area contributed by atoms with Gasteiger partial charge in [-0.1, -0.05) is 96.6 Å². The van der Waals surface area contributed by atoms with Crippen molar-refractivity contribution in [1.29, 1.82) is 0 Å². The number of aryl methyl sites for hydroxylation is 3. The summed E-state index contributed by atoms with van der Waals surface area (Å²) in [4.78, 5) is 0. The molecule has 0 saturated carbocycles. The van der Waals surface area contributed by atoms with Gasteiger partial charge in [0.1, 0.15) is 5.82 Å². The van der Waals surface area contributed by atoms with Crippen LogP contribution in [0.4, 0.5) is 4.39 Å². The van der Waals surface area contributed by atoms with Crippen LogP contribution >= 0.6 is 0 Å². The molecule has 1 aromatic heterocycles. The Balaban J connectivity index is 0.000000248. The highest BCUT2D eigenvalue weighted by atomic mass is 19.1. The van der Waals surface area contributed by atoms with Gasteiger partial charge in [-0.15, -0.1) is 0 Å². The van der Waals surface area contributed by atoms with Crippen molar-refractivity contribution >= 4 is 5.57 Å². The molecule has 176 valence electrons. The Labute approximate surface area is 203 Å². The Morgan fingerprint density at radius 3 is 2.06 bits per heavy atom. The van der Waals surface area contributed by atoms with Crippen LogP contribution in [0.5, 0.6) is 0 Å². The minimum atomic E-state index is -0.160. The first-order valence-electron chi connectivity index (χ1n) is 11.4. The lowest BCUT2D eigenvalue weighted by atomic mass is 9.99. The van der Waals surface area contributed by atoms with Gasteiger partial charge in [-0.25, -0.2) is 4.39 Å². The molecular formula is C31H35FN2. The second-order valence-electron chi connectivity index (χ2n) is 7.91. The molecule has 3 aromatic carbocycles. The van der Waals surface area contributed by atoms with Crippen molar-refractivity contribution in [3.05, 3.63) is 138 Å². The van der Waals surface area contributed by atoms with Crippen molar-refractivity contribution in [1.82, 2.24) is 4.57 Å². The SMILES string of the molecule is C=C/C(=C\Cc1ccccc1F)c1cc(C)cc(C)c1.CN.Cn1cccc1-c1ccccc1. The summed E-state index contributed by atoms with van der Waals surface area (Å²) in [6.45, 7) is 8.02. The number of halogens is 1. The van der Waals surface area contributed by atoms with Crippen LogP contribution in [-0.4, -0.2) is 11.6 Å². The Morgan fingerprint density at radius 1 is 0.882 bits per heavy atom. The maximum Gasteiger partial charge on any atom is 0.126 e. The number of allylic oxidation sites excluding steroid dienone is 3. The summed E-state index contributed by atoms with van der Waals surface area (Å²) in [6, 6.07) is 27.8. The second kappa shape index (κ2) is 13.8. The van der Waals surface area contributed by atoms with Crippen molar-refractivity contribution < 1.29 is 4.39 Å². The van der Waals surface area contributed by atoms with Crippen LogP contribution in [0.2, 0.25) is 0 Å². The summed E-state index contributed by atoms with van der Waals surface area (Å²) in [7, 11) is 3.56. The van der Waals surface area contributed by atoms with Gasteiger partial charge in [0.05, 0.1) is 0 Å². The van der Waals surface area contributed by atoms with Crippen LogP contribution in [0.15, 0.2) is 110 Å². The molecule has 2 N–H and O–H groups in total. The standard InChI is InChI=1S/C19H19F.C11H11N.CH5N/c1-4-16(18-12-14(2)11-15(3)13-18)9-10-17-7-5-6-8-19(17)20;1-12-9-5-8-11(12)10-6-3-2-4-7-10;1-2/h4-9,11-13H,1,10H2,2-3H3;2-9H,1H3;2H2,1H3/b16-9+;;. The van der Waals surface area contributed by atoms with E-state index in [0.717, 1.165) is 11.1 Å². The minimum Gasteiger partial charge on any atom is -0.351 e. The fraction of sp³-hybridized carbons (Fsp3) is 0.161. The molecule has 34 heavy (non-hydrogen) atoms. The number of nitrogens with zero attached hydrogens (tertiary/aromatic N) is 1. The summed E-state index contributed by atoms with van der Waals surface area (Å²) >= 11 is 0. The van der Waals surface area contributed by atoms with E-state index in [-0.39, 0.29) is 5.82 Å². The molecule has 3 heteroatoms. The number of hydrogen-bond acceptors (Lipinski definition) is 1. The zero-order valence-electron chi connectivity index (χ0n) is 20.6. The van der Waals surface area contributed by atoms with Gasteiger partial charge in [0, 0.05) is 18.9 Å². The molecule has 1 heterocycles. The van der Waals surface area contributed by atoms with Crippen LogP contribution in [0.3, 0.4) is 0 Å². The van der Waals surface area contributed by atoms with Gasteiger partial charge in [0.25, 0.3) is 0 Å². The van der Waals surface area contributed by atoms with E-state index in [4.69, 9.17) is 0 Å². The van der Waals surface area contributed by atoms with E-state index in [0.29, 0.717) is 12.0 Å². The molecule has 4 aromatic rings. The summed E-state index contributed by atoms with van der Waals surface area (Å²) in [5.41, 5.74) is 12.4. The van der Waals surface area contributed by atoms with Gasteiger partial charge < -0.3 is 10.3 Å². The molecule has 2 nitrogen and oxygen atoms in total. The van der Waals surface area contributed by atoms with Gasteiger partial charge in [0.15, 0.2) is 0 Å². The molecule has 4 rings (SSSR count). The second-order valence-corrected chi connectivity index (χ2v) is 7.91. The van der Waals surface area contributed by atoms with Gasteiger partial charge in [-0.05, 0) is 67.8 Å². The molecule has 0 fully saturated rings. The summed E-state index contributed by atoms with van der Waals surface area (Å²) < 4.78 is 15.7.